The molecule has 118 valence electrons. The van der Waals surface area contributed by atoms with E-state index in [0.29, 0.717) is 25.4 Å². The summed E-state index contributed by atoms with van der Waals surface area (Å²) in [6.07, 6.45) is 2.49. The molecule has 1 fully saturated rings. The lowest BCUT2D eigenvalue weighted by Gasteiger charge is -2.40. The number of carbonyl (C=O) groups is 1. The normalized spacial score (nSPS) is 25.2. The molecule has 1 aliphatic rings. The number of rotatable bonds is 6. The van der Waals surface area contributed by atoms with Crippen molar-refractivity contribution in [1.82, 2.24) is 5.32 Å². The van der Waals surface area contributed by atoms with Gasteiger partial charge in [0.25, 0.3) is 0 Å². The van der Waals surface area contributed by atoms with E-state index < -0.39 is 0 Å². The van der Waals surface area contributed by atoms with Gasteiger partial charge in [-0.1, -0.05) is 20.8 Å². The monoisotopic (exact) mass is 286 g/mol. The molecule has 1 rings (SSSR count). The van der Waals surface area contributed by atoms with Crippen molar-refractivity contribution in [2.75, 3.05) is 26.8 Å². The van der Waals surface area contributed by atoms with E-state index in [4.69, 9.17) is 15.2 Å². The third-order valence-electron chi connectivity index (χ3n) is 3.87. The van der Waals surface area contributed by atoms with Gasteiger partial charge in [0.15, 0.2) is 0 Å². The van der Waals surface area contributed by atoms with E-state index in [0.717, 1.165) is 19.4 Å². The van der Waals surface area contributed by atoms with E-state index in [1.807, 2.05) is 0 Å². The number of carbonyl (C=O) groups excluding carboxylic acids is 1. The van der Waals surface area contributed by atoms with E-state index >= 15 is 0 Å². The minimum atomic E-state index is -0.198. The standard InChI is InChI=1S/C15H30N2O3/c1-15(2,3)14-11(6-5-7-20-14)10-17-13(18)8-12(9-16)19-4/h11-12,14H,5-10,16H2,1-4H3,(H,17,18). The van der Waals surface area contributed by atoms with E-state index in [1.165, 1.54) is 0 Å². The van der Waals surface area contributed by atoms with E-state index in [1.54, 1.807) is 7.11 Å². The lowest BCUT2D eigenvalue weighted by molar-refractivity contribution is -0.125. The van der Waals surface area contributed by atoms with Crippen LogP contribution in [-0.4, -0.2) is 44.9 Å². The summed E-state index contributed by atoms with van der Waals surface area (Å²) in [5.74, 6) is 0.382. The molecule has 3 unspecified atom stereocenters. The smallest absolute Gasteiger partial charge is 0.222 e. The predicted octanol–water partition coefficient (Wildman–Crippen LogP) is 1.31. The van der Waals surface area contributed by atoms with Crippen LogP contribution in [0.1, 0.15) is 40.0 Å². The van der Waals surface area contributed by atoms with Crippen molar-refractivity contribution < 1.29 is 14.3 Å². The molecule has 0 aliphatic carbocycles. The number of methoxy groups -OCH3 is 1. The third kappa shape index (κ3) is 5.38. The first-order chi connectivity index (χ1) is 9.38. The van der Waals surface area contributed by atoms with Crippen molar-refractivity contribution in [2.24, 2.45) is 17.1 Å². The Kier molecular flexibility index (Phi) is 6.92. The summed E-state index contributed by atoms with van der Waals surface area (Å²) in [7, 11) is 1.58. The highest BCUT2D eigenvalue weighted by atomic mass is 16.5. The minimum absolute atomic E-state index is 0.000493. The molecular formula is C15H30N2O3. The molecule has 3 N–H and O–H groups in total. The molecule has 0 aromatic heterocycles. The molecule has 0 radical (unpaired) electrons. The van der Waals surface area contributed by atoms with Crippen LogP contribution in [-0.2, 0) is 14.3 Å². The van der Waals surface area contributed by atoms with E-state index in [2.05, 4.69) is 26.1 Å². The van der Waals surface area contributed by atoms with Crippen molar-refractivity contribution in [3.8, 4) is 0 Å². The lowest BCUT2D eigenvalue weighted by Crippen LogP contribution is -2.45. The van der Waals surface area contributed by atoms with Gasteiger partial charge in [-0.05, 0) is 18.3 Å². The molecule has 5 heteroatoms. The van der Waals surface area contributed by atoms with Gasteiger partial charge in [-0.2, -0.15) is 0 Å². The van der Waals surface area contributed by atoms with Gasteiger partial charge in [0, 0.05) is 32.7 Å². The number of nitrogens with two attached hydrogens (primary N) is 1. The zero-order chi connectivity index (χ0) is 15.2. The van der Waals surface area contributed by atoms with Gasteiger partial charge < -0.3 is 20.5 Å². The maximum Gasteiger partial charge on any atom is 0.222 e. The second-order valence-corrected chi connectivity index (χ2v) is 6.66. The summed E-state index contributed by atoms with van der Waals surface area (Å²) < 4.78 is 11.0. The van der Waals surface area contributed by atoms with Crippen LogP contribution < -0.4 is 11.1 Å². The van der Waals surface area contributed by atoms with Crippen molar-refractivity contribution >= 4 is 5.91 Å². The Morgan fingerprint density at radius 3 is 2.75 bits per heavy atom. The maximum atomic E-state index is 11.9. The van der Waals surface area contributed by atoms with Gasteiger partial charge in [-0.15, -0.1) is 0 Å². The summed E-state index contributed by atoms with van der Waals surface area (Å²) >= 11 is 0. The molecule has 1 saturated heterocycles. The summed E-state index contributed by atoms with van der Waals surface area (Å²) in [4.78, 5) is 11.9. The Hall–Kier alpha value is -0.650. The fourth-order valence-electron chi connectivity index (χ4n) is 2.80. The molecule has 1 amide bonds. The largest absolute Gasteiger partial charge is 0.380 e. The highest BCUT2D eigenvalue weighted by Gasteiger charge is 2.35. The van der Waals surface area contributed by atoms with Crippen molar-refractivity contribution in [3.05, 3.63) is 0 Å². The number of hydrogen-bond acceptors (Lipinski definition) is 4. The van der Waals surface area contributed by atoms with Gasteiger partial charge in [-0.25, -0.2) is 0 Å². The van der Waals surface area contributed by atoms with Crippen LogP contribution in [0.2, 0.25) is 0 Å². The molecule has 0 bridgehead atoms. The molecule has 0 aromatic rings. The molecule has 0 spiro atoms. The second kappa shape index (κ2) is 7.96. The van der Waals surface area contributed by atoms with Crippen molar-refractivity contribution in [1.29, 1.82) is 0 Å². The van der Waals surface area contributed by atoms with Gasteiger partial charge >= 0.3 is 0 Å². The molecule has 1 heterocycles. The molecule has 1 aliphatic heterocycles. The second-order valence-electron chi connectivity index (χ2n) is 6.66. The van der Waals surface area contributed by atoms with Crippen LogP contribution in [0.5, 0.6) is 0 Å². The quantitative estimate of drug-likeness (QED) is 0.772. The zero-order valence-electron chi connectivity index (χ0n) is 13.3. The van der Waals surface area contributed by atoms with Crippen LogP contribution in [0, 0.1) is 11.3 Å². The average molecular weight is 286 g/mol. The molecule has 3 atom stereocenters. The Labute approximate surface area is 122 Å². The zero-order valence-corrected chi connectivity index (χ0v) is 13.3. The molecular weight excluding hydrogens is 256 g/mol. The number of ether oxygens (including phenoxy) is 2. The van der Waals surface area contributed by atoms with Crippen LogP contribution in [0.3, 0.4) is 0 Å². The first kappa shape index (κ1) is 17.4. The molecule has 5 nitrogen and oxygen atoms in total. The predicted molar refractivity (Wildman–Crippen MR) is 79.4 cm³/mol. The average Bonchev–Trinajstić information content (AvgIpc) is 2.41. The first-order valence-corrected chi connectivity index (χ1v) is 7.49. The van der Waals surface area contributed by atoms with E-state index in [9.17, 15) is 4.79 Å². The van der Waals surface area contributed by atoms with Gasteiger partial charge in [0.1, 0.15) is 0 Å². The van der Waals surface area contributed by atoms with Gasteiger partial charge in [0.2, 0.25) is 5.91 Å². The van der Waals surface area contributed by atoms with Crippen LogP contribution in [0.25, 0.3) is 0 Å². The highest BCUT2D eigenvalue weighted by molar-refractivity contribution is 5.76. The molecule has 0 saturated carbocycles. The summed E-state index contributed by atoms with van der Waals surface area (Å²) in [5, 5.41) is 3.00. The Balaban J connectivity index is 2.44. The number of amides is 1. The topological polar surface area (TPSA) is 73.6 Å². The summed E-state index contributed by atoms with van der Waals surface area (Å²) in [5.41, 5.74) is 5.62. The van der Waals surface area contributed by atoms with Crippen LogP contribution in [0.15, 0.2) is 0 Å². The summed E-state index contributed by atoms with van der Waals surface area (Å²) in [6, 6.07) is 0. The van der Waals surface area contributed by atoms with Crippen LogP contribution >= 0.6 is 0 Å². The van der Waals surface area contributed by atoms with Gasteiger partial charge in [-0.3, -0.25) is 4.79 Å². The molecule has 20 heavy (non-hydrogen) atoms. The fourth-order valence-corrected chi connectivity index (χ4v) is 2.80. The third-order valence-corrected chi connectivity index (χ3v) is 3.87. The van der Waals surface area contributed by atoms with Crippen molar-refractivity contribution in [3.63, 3.8) is 0 Å². The minimum Gasteiger partial charge on any atom is -0.380 e. The Bertz CT molecular complexity index is 298. The SMILES string of the molecule is COC(CN)CC(=O)NCC1CCCOC1C(C)(C)C. The van der Waals surface area contributed by atoms with E-state index in [-0.39, 0.29) is 23.5 Å². The number of hydrogen-bond donors (Lipinski definition) is 2. The van der Waals surface area contributed by atoms with Gasteiger partial charge in [0.05, 0.1) is 18.6 Å². The molecule has 0 aromatic carbocycles. The summed E-state index contributed by atoms with van der Waals surface area (Å²) in [6.45, 7) is 8.42. The Morgan fingerprint density at radius 1 is 1.50 bits per heavy atom. The first-order valence-electron chi connectivity index (χ1n) is 7.49. The fraction of sp³-hybridized carbons (Fsp3) is 0.933. The van der Waals surface area contributed by atoms with Crippen LogP contribution in [0.4, 0.5) is 0 Å². The maximum absolute atomic E-state index is 11.9. The number of nitrogens with one attached hydrogen (secondary N) is 1. The Morgan fingerprint density at radius 2 is 2.20 bits per heavy atom. The lowest BCUT2D eigenvalue weighted by atomic mass is 9.78. The van der Waals surface area contributed by atoms with Crippen molar-refractivity contribution in [2.45, 2.75) is 52.2 Å². The highest BCUT2D eigenvalue weighted by Crippen LogP contribution is 2.33.